The zero-order valence-corrected chi connectivity index (χ0v) is 24.2. The monoisotopic (exact) mass is 603 g/mol. The minimum atomic E-state index is -0.688. The molecule has 1 atom stereocenters. The molecule has 0 aliphatic carbocycles. The minimum absolute atomic E-state index is 0.114. The van der Waals surface area contributed by atoms with E-state index < -0.39 is 6.04 Å². The molecule has 1 aliphatic heterocycles. The zero-order chi connectivity index (χ0) is 27.8. The summed E-state index contributed by atoms with van der Waals surface area (Å²) in [5.74, 6) is 0.468. The van der Waals surface area contributed by atoms with E-state index in [1.54, 1.807) is 42.9 Å². The molecule has 1 aliphatic rings. The molecule has 2 N–H and O–H groups in total. The SMILES string of the molecule is COc1ccc([C@H]2C(C(=O)Nc3ccc(C)cc3C)=C(C)N=c3s/c(=C/c4ccc(O)c(Br)c4)c(=O)n32)cc1. The van der Waals surface area contributed by atoms with Crippen molar-refractivity contribution in [2.75, 3.05) is 12.4 Å². The number of aromatic hydroxyl groups is 1. The number of phenols is 1. The normalized spacial score (nSPS) is 15.1. The minimum Gasteiger partial charge on any atom is -0.507 e. The van der Waals surface area contributed by atoms with Gasteiger partial charge in [-0.05, 0) is 89.8 Å². The standard InChI is InChI=1S/C30H26BrN3O4S/c1-16-5-11-23(17(2)13-16)33-28(36)26-18(3)32-30-34(27(26)20-7-9-21(38-4)10-8-20)29(37)25(39-30)15-19-6-12-24(35)22(31)14-19/h5-15,27,35H,1-4H3,(H,33,36)/b25-15+/t27-/m0/s1. The van der Waals surface area contributed by atoms with Crippen LogP contribution in [0.15, 0.2) is 86.2 Å². The molecule has 3 aromatic carbocycles. The van der Waals surface area contributed by atoms with Crippen LogP contribution in [0.4, 0.5) is 5.69 Å². The molecule has 9 heteroatoms. The maximum Gasteiger partial charge on any atom is 0.271 e. The first-order chi connectivity index (χ1) is 18.7. The van der Waals surface area contributed by atoms with Crippen molar-refractivity contribution in [2.24, 2.45) is 4.99 Å². The fraction of sp³-hybridized carbons (Fsp3) is 0.167. The van der Waals surface area contributed by atoms with Crippen molar-refractivity contribution >= 4 is 44.9 Å². The Morgan fingerprint density at radius 2 is 1.85 bits per heavy atom. The molecule has 5 rings (SSSR count). The number of aromatic nitrogens is 1. The molecule has 0 unspecified atom stereocenters. The molecule has 0 saturated heterocycles. The van der Waals surface area contributed by atoms with E-state index in [1.807, 2.05) is 56.3 Å². The Kier molecular flexibility index (Phi) is 7.29. The number of benzene rings is 3. The van der Waals surface area contributed by atoms with Gasteiger partial charge in [-0.25, -0.2) is 4.99 Å². The van der Waals surface area contributed by atoms with Crippen LogP contribution >= 0.6 is 27.3 Å². The fourth-order valence-electron chi connectivity index (χ4n) is 4.62. The molecule has 0 bridgehead atoms. The number of nitrogens with zero attached hydrogens (tertiary/aromatic N) is 2. The molecule has 1 aromatic heterocycles. The molecule has 198 valence electrons. The molecule has 1 amide bonds. The first-order valence-electron chi connectivity index (χ1n) is 12.2. The Bertz CT molecular complexity index is 1820. The van der Waals surface area contributed by atoms with E-state index >= 15 is 0 Å². The predicted molar refractivity (Wildman–Crippen MR) is 157 cm³/mol. The summed E-state index contributed by atoms with van der Waals surface area (Å²) in [5.41, 5.74) is 4.93. The number of ether oxygens (including phenoxy) is 1. The van der Waals surface area contributed by atoms with Crippen molar-refractivity contribution in [3.8, 4) is 11.5 Å². The lowest BCUT2D eigenvalue weighted by Gasteiger charge is -2.25. The summed E-state index contributed by atoms with van der Waals surface area (Å²) in [6.45, 7) is 5.74. The van der Waals surface area contributed by atoms with Gasteiger partial charge in [0.05, 0.1) is 33.4 Å². The number of halogens is 1. The van der Waals surface area contributed by atoms with Crippen LogP contribution in [0.3, 0.4) is 0 Å². The smallest absolute Gasteiger partial charge is 0.271 e. The van der Waals surface area contributed by atoms with Gasteiger partial charge in [0.1, 0.15) is 11.5 Å². The highest BCUT2D eigenvalue weighted by Gasteiger charge is 2.32. The van der Waals surface area contributed by atoms with Crippen molar-refractivity contribution in [3.63, 3.8) is 0 Å². The van der Waals surface area contributed by atoms with Gasteiger partial charge in [0, 0.05) is 5.69 Å². The van der Waals surface area contributed by atoms with Gasteiger partial charge >= 0.3 is 0 Å². The number of aryl methyl sites for hydroxylation is 2. The van der Waals surface area contributed by atoms with Crippen molar-refractivity contribution in [3.05, 3.63) is 118 Å². The Morgan fingerprint density at radius 3 is 2.51 bits per heavy atom. The molecule has 0 radical (unpaired) electrons. The number of hydrogen-bond acceptors (Lipinski definition) is 6. The molecule has 0 spiro atoms. The van der Waals surface area contributed by atoms with Gasteiger partial charge in [0.25, 0.3) is 11.5 Å². The number of thiazole rings is 1. The number of amides is 1. The van der Waals surface area contributed by atoms with Crippen molar-refractivity contribution < 1.29 is 14.6 Å². The van der Waals surface area contributed by atoms with Crippen LogP contribution in [0.2, 0.25) is 0 Å². The topological polar surface area (TPSA) is 92.9 Å². The summed E-state index contributed by atoms with van der Waals surface area (Å²) in [6, 6.07) is 17.5. The third-order valence-electron chi connectivity index (χ3n) is 6.60. The summed E-state index contributed by atoms with van der Waals surface area (Å²) < 4.78 is 7.91. The average molecular weight is 605 g/mol. The molecular formula is C30H26BrN3O4S. The largest absolute Gasteiger partial charge is 0.507 e. The van der Waals surface area contributed by atoms with Gasteiger partial charge in [0.2, 0.25) is 0 Å². The lowest BCUT2D eigenvalue weighted by atomic mass is 9.95. The maximum absolute atomic E-state index is 13.8. The highest BCUT2D eigenvalue weighted by Crippen LogP contribution is 2.32. The van der Waals surface area contributed by atoms with E-state index in [0.29, 0.717) is 36.5 Å². The van der Waals surface area contributed by atoms with Crippen molar-refractivity contribution in [1.29, 1.82) is 0 Å². The van der Waals surface area contributed by atoms with Gasteiger partial charge < -0.3 is 15.2 Å². The third-order valence-corrected chi connectivity index (χ3v) is 8.22. The summed E-state index contributed by atoms with van der Waals surface area (Å²) in [7, 11) is 1.59. The number of methoxy groups -OCH3 is 1. The summed E-state index contributed by atoms with van der Waals surface area (Å²) in [6.07, 6.45) is 1.76. The van der Waals surface area contributed by atoms with Crippen LogP contribution in [-0.4, -0.2) is 22.7 Å². The first kappa shape index (κ1) is 26.6. The molecule has 7 nitrogen and oxygen atoms in total. The van der Waals surface area contributed by atoms with Crippen LogP contribution in [0.1, 0.15) is 35.2 Å². The number of carbonyl (C=O) groups excluding carboxylic acids is 1. The number of hydrogen-bond donors (Lipinski definition) is 2. The van der Waals surface area contributed by atoms with E-state index in [2.05, 4.69) is 21.2 Å². The van der Waals surface area contributed by atoms with E-state index in [9.17, 15) is 14.7 Å². The zero-order valence-electron chi connectivity index (χ0n) is 21.8. The molecule has 4 aromatic rings. The maximum atomic E-state index is 13.8. The van der Waals surface area contributed by atoms with Crippen LogP contribution in [-0.2, 0) is 4.79 Å². The molecule has 0 fully saturated rings. The molecule has 39 heavy (non-hydrogen) atoms. The Morgan fingerprint density at radius 1 is 1.10 bits per heavy atom. The summed E-state index contributed by atoms with van der Waals surface area (Å²) in [4.78, 5) is 32.9. The van der Waals surface area contributed by atoms with Crippen LogP contribution < -0.4 is 24.9 Å². The van der Waals surface area contributed by atoms with E-state index in [-0.39, 0.29) is 17.2 Å². The highest BCUT2D eigenvalue weighted by molar-refractivity contribution is 9.10. The Hall–Kier alpha value is -3.95. The van der Waals surface area contributed by atoms with Gasteiger partial charge in [-0.1, -0.05) is 47.2 Å². The van der Waals surface area contributed by atoms with Crippen LogP contribution in [0.5, 0.6) is 11.5 Å². The van der Waals surface area contributed by atoms with Gasteiger partial charge in [0.15, 0.2) is 4.80 Å². The lowest BCUT2D eigenvalue weighted by molar-refractivity contribution is -0.113. The second kappa shape index (κ2) is 10.7. The van der Waals surface area contributed by atoms with Crippen molar-refractivity contribution in [2.45, 2.75) is 26.8 Å². The molecular weight excluding hydrogens is 578 g/mol. The first-order valence-corrected chi connectivity index (χ1v) is 13.8. The fourth-order valence-corrected chi connectivity index (χ4v) is 6.06. The Labute approximate surface area is 237 Å². The van der Waals surface area contributed by atoms with Crippen LogP contribution in [0, 0.1) is 13.8 Å². The quantitative estimate of drug-likeness (QED) is 0.337. The van der Waals surface area contributed by atoms with Crippen LogP contribution in [0.25, 0.3) is 6.08 Å². The van der Waals surface area contributed by atoms with Gasteiger partial charge in [-0.2, -0.15) is 0 Å². The van der Waals surface area contributed by atoms with Gasteiger partial charge in [-0.3, -0.25) is 14.2 Å². The number of phenolic OH excluding ortho intramolecular Hbond substituents is 1. The summed E-state index contributed by atoms with van der Waals surface area (Å²) in [5, 5.41) is 12.9. The van der Waals surface area contributed by atoms with E-state index in [1.165, 1.54) is 11.3 Å². The predicted octanol–water partition coefficient (Wildman–Crippen LogP) is 4.97. The lowest BCUT2D eigenvalue weighted by Crippen LogP contribution is -2.40. The number of nitrogens with one attached hydrogen (secondary N) is 1. The number of carbonyl (C=O) groups is 1. The van der Waals surface area contributed by atoms with E-state index in [4.69, 9.17) is 9.73 Å². The average Bonchev–Trinajstić information content (AvgIpc) is 3.21. The number of fused-ring (bicyclic) bond motifs is 1. The summed E-state index contributed by atoms with van der Waals surface area (Å²) >= 11 is 4.58. The second-order valence-corrected chi connectivity index (χ2v) is 11.2. The van der Waals surface area contributed by atoms with E-state index in [0.717, 1.165) is 22.3 Å². The van der Waals surface area contributed by atoms with Gasteiger partial charge in [-0.15, -0.1) is 0 Å². The molecule has 0 saturated carbocycles. The number of anilines is 1. The van der Waals surface area contributed by atoms with Crippen molar-refractivity contribution in [1.82, 2.24) is 4.57 Å². The molecule has 2 heterocycles. The third kappa shape index (κ3) is 5.20. The number of allylic oxidation sites excluding steroid dienone is 1. The Balaban J connectivity index is 1.66. The number of rotatable bonds is 5. The highest BCUT2D eigenvalue weighted by atomic mass is 79.9. The second-order valence-electron chi connectivity index (χ2n) is 9.34.